The van der Waals surface area contributed by atoms with Gasteiger partial charge in [-0.25, -0.2) is 9.97 Å². The van der Waals surface area contributed by atoms with Crippen LogP contribution in [-0.2, 0) is 0 Å². The average Bonchev–Trinajstić information content (AvgIpc) is 2.51. The van der Waals surface area contributed by atoms with Crippen LogP contribution in [0.5, 0.6) is 0 Å². The second-order valence-electron chi connectivity index (χ2n) is 7.86. The van der Waals surface area contributed by atoms with Crippen LogP contribution < -0.4 is 0 Å². The van der Waals surface area contributed by atoms with E-state index in [-0.39, 0.29) is 0 Å². The Bertz CT molecular complexity index is 743. The molecule has 0 saturated carbocycles. The molecule has 0 radical (unpaired) electrons. The maximum Gasteiger partial charge on any atom is 0.129 e. The Hall–Kier alpha value is -2.15. The molecule has 2 heterocycles. The van der Waals surface area contributed by atoms with E-state index in [1.54, 1.807) is 0 Å². The third-order valence-corrected chi connectivity index (χ3v) is 4.74. The molecule has 0 bridgehead atoms. The first-order chi connectivity index (χ1) is 11.1. The minimum absolute atomic E-state index is 0.826. The molecule has 0 spiro atoms. The standard InChI is InChI=1S/C20H24N2Si2/c1-23(2,3)13-11-19-9-7-17(15-21-19)18-8-10-20(22-16-18)12-14-24(4,5)6/h7-10,15-16H,1-6H3. The minimum atomic E-state index is -1.37. The predicted molar refractivity (Wildman–Crippen MR) is 108 cm³/mol. The number of aromatic nitrogens is 2. The van der Waals surface area contributed by atoms with E-state index in [2.05, 4.69) is 72.2 Å². The lowest BCUT2D eigenvalue weighted by Crippen LogP contribution is -2.16. The number of hydrogen-bond donors (Lipinski definition) is 0. The predicted octanol–water partition coefficient (Wildman–Crippen LogP) is 4.60. The van der Waals surface area contributed by atoms with Crippen molar-refractivity contribution in [2.75, 3.05) is 0 Å². The van der Waals surface area contributed by atoms with Gasteiger partial charge in [-0.2, -0.15) is 0 Å². The summed E-state index contributed by atoms with van der Waals surface area (Å²) < 4.78 is 0. The molecule has 0 N–H and O–H groups in total. The fraction of sp³-hybridized carbons (Fsp3) is 0.300. The molecule has 0 aliphatic carbocycles. The zero-order valence-corrected chi connectivity index (χ0v) is 17.4. The number of hydrogen-bond acceptors (Lipinski definition) is 2. The Labute approximate surface area is 147 Å². The van der Waals surface area contributed by atoms with Gasteiger partial charge in [-0.3, -0.25) is 0 Å². The van der Waals surface area contributed by atoms with Crippen molar-refractivity contribution in [2.45, 2.75) is 39.3 Å². The monoisotopic (exact) mass is 348 g/mol. The molecule has 2 rings (SSSR count). The summed E-state index contributed by atoms with van der Waals surface area (Å²) in [7, 11) is -2.73. The highest BCUT2D eigenvalue weighted by atomic mass is 28.3. The van der Waals surface area contributed by atoms with Gasteiger partial charge < -0.3 is 0 Å². The summed E-state index contributed by atoms with van der Waals surface area (Å²) in [6, 6.07) is 8.04. The topological polar surface area (TPSA) is 25.8 Å². The summed E-state index contributed by atoms with van der Waals surface area (Å²) in [5.74, 6) is 6.35. The van der Waals surface area contributed by atoms with Crippen LogP contribution >= 0.6 is 0 Å². The first-order valence-electron chi connectivity index (χ1n) is 8.11. The fourth-order valence-electron chi connectivity index (χ4n) is 1.78. The number of pyridine rings is 2. The molecule has 0 atom stereocenters. The molecular formula is C20H24N2Si2. The van der Waals surface area contributed by atoms with Crippen LogP contribution in [0, 0.1) is 22.9 Å². The van der Waals surface area contributed by atoms with Crippen LogP contribution in [0.1, 0.15) is 11.4 Å². The second kappa shape index (κ2) is 7.17. The van der Waals surface area contributed by atoms with Crippen molar-refractivity contribution in [1.82, 2.24) is 9.97 Å². The molecule has 0 saturated heterocycles. The lowest BCUT2D eigenvalue weighted by atomic mass is 10.1. The lowest BCUT2D eigenvalue weighted by molar-refractivity contribution is 1.26. The van der Waals surface area contributed by atoms with E-state index < -0.39 is 16.1 Å². The van der Waals surface area contributed by atoms with E-state index in [0.29, 0.717) is 0 Å². The quantitative estimate of drug-likeness (QED) is 0.556. The molecule has 122 valence electrons. The Morgan fingerprint density at radius 2 is 1.00 bits per heavy atom. The van der Waals surface area contributed by atoms with Gasteiger partial charge in [0.25, 0.3) is 0 Å². The molecule has 0 amide bonds. The van der Waals surface area contributed by atoms with E-state index in [4.69, 9.17) is 0 Å². The molecule has 0 unspecified atom stereocenters. The highest BCUT2D eigenvalue weighted by Gasteiger charge is 2.08. The number of nitrogens with zero attached hydrogens (tertiary/aromatic N) is 2. The Morgan fingerprint density at radius 3 is 1.25 bits per heavy atom. The molecular weight excluding hydrogens is 324 g/mol. The van der Waals surface area contributed by atoms with Crippen LogP contribution in [0.25, 0.3) is 11.1 Å². The van der Waals surface area contributed by atoms with Crippen molar-refractivity contribution in [2.24, 2.45) is 0 Å². The van der Waals surface area contributed by atoms with Crippen LogP contribution in [0.15, 0.2) is 36.7 Å². The average molecular weight is 349 g/mol. The van der Waals surface area contributed by atoms with Crippen molar-refractivity contribution < 1.29 is 0 Å². The third-order valence-electron chi connectivity index (χ3n) is 2.99. The molecule has 0 fully saturated rings. The van der Waals surface area contributed by atoms with Gasteiger partial charge in [0.2, 0.25) is 0 Å². The van der Waals surface area contributed by atoms with E-state index in [0.717, 1.165) is 22.5 Å². The van der Waals surface area contributed by atoms with Gasteiger partial charge >= 0.3 is 0 Å². The summed E-state index contributed by atoms with van der Waals surface area (Å²) in [6.45, 7) is 13.4. The first-order valence-corrected chi connectivity index (χ1v) is 15.1. The van der Waals surface area contributed by atoms with Gasteiger partial charge in [0.15, 0.2) is 0 Å². The minimum Gasteiger partial charge on any atom is -0.247 e. The van der Waals surface area contributed by atoms with Crippen molar-refractivity contribution >= 4 is 16.1 Å². The first kappa shape index (κ1) is 18.2. The lowest BCUT2D eigenvalue weighted by Gasteiger charge is -2.04. The summed E-state index contributed by atoms with van der Waals surface area (Å²) in [4.78, 5) is 8.90. The highest BCUT2D eigenvalue weighted by Crippen LogP contribution is 2.17. The molecule has 0 aliphatic heterocycles. The van der Waals surface area contributed by atoms with Crippen LogP contribution in [0.3, 0.4) is 0 Å². The maximum atomic E-state index is 4.45. The highest BCUT2D eigenvalue weighted by molar-refractivity contribution is 6.84. The van der Waals surface area contributed by atoms with E-state index in [9.17, 15) is 0 Å². The van der Waals surface area contributed by atoms with Gasteiger partial charge in [0.1, 0.15) is 27.5 Å². The van der Waals surface area contributed by atoms with E-state index in [1.807, 2.05) is 36.7 Å². The van der Waals surface area contributed by atoms with Crippen molar-refractivity contribution in [3.8, 4) is 34.1 Å². The van der Waals surface area contributed by atoms with Gasteiger partial charge in [-0.05, 0) is 24.3 Å². The Balaban J connectivity index is 2.17. The van der Waals surface area contributed by atoms with E-state index in [1.165, 1.54) is 0 Å². The molecule has 2 nitrogen and oxygen atoms in total. The van der Waals surface area contributed by atoms with Crippen LogP contribution in [0.4, 0.5) is 0 Å². The molecule has 0 aromatic carbocycles. The summed E-state index contributed by atoms with van der Waals surface area (Å²) in [5, 5.41) is 0. The van der Waals surface area contributed by atoms with E-state index >= 15 is 0 Å². The summed E-state index contributed by atoms with van der Waals surface area (Å²) >= 11 is 0. The van der Waals surface area contributed by atoms with Crippen LogP contribution in [0.2, 0.25) is 39.3 Å². The van der Waals surface area contributed by atoms with Gasteiger partial charge in [0, 0.05) is 23.5 Å². The second-order valence-corrected chi connectivity index (χ2v) is 17.4. The van der Waals surface area contributed by atoms with Crippen molar-refractivity contribution in [3.63, 3.8) is 0 Å². The molecule has 24 heavy (non-hydrogen) atoms. The molecule has 2 aromatic rings. The summed E-state index contributed by atoms with van der Waals surface area (Å²) in [5.41, 5.74) is 10.4. The smallest absolute Gasteiger partial charge is 0.129 e. The van der Waals surface area contributed by atoms with Crippen molar-refractivity contribution in [3.05, 3.63) is 48.0 Å². The summed E-state index contributed by atoms with van der Waals surface area (Å²) in [6.07, 6.45) is 3.72. The maximum absolute atomic E-state index is 4.45. The van der Waals surface area contributed by atoms with Gasteiger partial charge in [-0.1, -0.05) is 51.1 Å². The van der Waals surface area contributed by atoms with Gasteiger partial charge in [-0.15, -0.1) is 11.1 Å². The fourth-order valence-corrected chi connectivity index (χ4v) is 2.79. The zero-order chi connectivity index (χ0) is 17.8. The third kappa shape index (κ3) is 6.16. The number of rotatable bonds is 1. The van der Waals surface area contributed by atoms with Gasteiger partial charge in [0.05, 0.1) is 0 Å². The Morgan fingerprint density at radius 1 is 0.625 bits per heavy atom. The molecule has 0 aliphatic rings. The zero-order valence-electron chi connectivity index (χ0n) is 15.4. The Kier molecular flexibility index (Phi) is 5.44. The molecule has 2 aromatic heterocycles. The largest absolute Gasteiger partial charge is 0.247 e. The normalized spacial score (nSPS) is 11.1. The molecule has 4 heteroatoms. The van der Waals surface area contributed by atoms with Crippen LogP contribution in [-0.4, -0.2) is 26.1 Å². The SMILES string of the molecule is C[Si](C)(C)C#Cc1ccc(-c2ccc(C#C[Si](C)(C)C)nc2)cn1. The van der Waals surface area contributed by atoms with Crippen molar-refractivity contribution in [1.29, 1.82) is 0 Å².